The molecule has 0 aliphatic carbocycles. The fourth-order valence-electron chi connectivity index (χ4n) is 1.11. The van der Waals surface area contributed by atoms with Crippen LogP contribution in [0.1, 0.15) is 25.6 Å². The Morgan fingerprint density at radius 2 is 2.00 bits per heavy atom. The summed E-state index contributed by atoms with van der Waals surface area (Å²) in [6.07, 6.45) is 1.24. The third-order valence-corrected chi connectivity index (χ3v) is 2.82. The average molecular weight is 298 g/mol. The van der Waals surface area contributed by atoms with Crippen LogP contribution in [-0.4, -0.2) is 28.5 Å². The predicted molar refractivity (Wildman–Crippen MR) is 74.6 cm³/mol. The van der Waals surface area contributed by atoms with E-state index in [0.717, 1.165) is 11.3 Å². The largest absolute Gasteiger partial charge is 0.343 e. The van der Waals surface area contributed by atoms with Crippen molar-refractivity contribution in [2.24, 2.45) is 5.10 Å². The molecule has 1 rings (SSSR count). The first kappa shape index (κ1) is 15.8. The van der Waals surface area contributed by atoms with Crippen LogP contribution in [0.15, 0.2) is 17.2 Å². The van der Waals surface area contributed by atoms with E-state index in [2.05, 4.69) is 10.4 Å². The van der Waals surface area contributed by atoms with Crippen LogP contribution in [0.5, 0.6) is 0 Å². The molecule has 1 aromatic heterocycles. The van der Waals surface area contributed by atoms with Crippen LogP contribution in [0.25, 0.3) is 0 Å². The number of hydrazone groups is 1. The summed E-state index contributed by atoms with van der Waals surface area (Å²) in [5, 5.41) is 16.5. The van der Waals surface area contributed by atoms with Crippen molar-refractivity contribution in [3.8, 4) is 0 Å². The molecule has 0 aliphatic heterocycles. The molecule has 1 heterocycles. The second-order valence-corrected chi connectivity index (χ2v) is 5.93. The molecule has 9 heteroatoms. The number of hydrogen-bond donors (Lipinski definition) is 2. The van der Waals surface area contributed by atoms with Crippen LogP contribution < -0.4 is 10.7 Å². The van der Waals surface area contributed by atoms with Crippen LogP contribution in [-0.2, 0) is 9.59 Å². The number of nitro groups is 1. The maximum atomic E-state index is 11.4. The Morgan fingerprint density at radius 1 is 1.35 bits per heavy atom. The number of hydrogen-bond acceptors (Lipinski definition) is 6. The van der Waals surface area contributed by atoms with Crippen LogP contribution >= 0.6 is 11.3 Å². The van der Waals surface area contributed by atoms with E-state index >= 15 is 0 Å². The number of nitrogens with one attached hydrogen (secondary N) is 2. The molecule has 0 saturated carbocycles. The highest BCUT2D eigenvalue weighted by atomic mass is 32.1. The molecule has 0 bridgehead atoms. The summed E-state index contributed by atoms with van der Waals surface area (Å²) in [5.74, 6) is -1.70. The summed E-state index contributed by atoms with van der Waals surface area (Å²) in [4.78, 5) is 33.2. The van der Waals surface area contributed by atoms with Gasteiger partial charge in [-0.05, 0) is 26.8 Å². The molecule has 0 unspecified atom stereocenters. The van der Waals surface area contributed by atoms with Crippen molar-refractivity contribution in [1.29, 1.82) is 0 Å². The van der Waals surface area contributed by atoms with E-state index in [1.807, 2.05) is 5.43 Å². The zero-order valence-corrected chi connectivity index (χ0v) is 12.0. The van der Waals surface area contributed by atoms with Crippen molar-refractivity contribution in [3.63, 3.8) is 0 Å². The Bertz CT molecular complexity index is 559. The third kappa shape index (κ3) is 5.14. The van der Waals surface area contributed by atoms with Gasteiger partial charge in [0.05, 0.1) is 16.0 Å². The minimum atomic E-state index is -0.901. The van der Waals surface area contributed by atoms with Gasteiger partial charge in [-0.2, -0.15) is 5.10 Å². The quantitative estimate of drug-likeness (QED) is 0.375. The summed E-state index contributed by atoms with van der Waals surface area (Å²) in [5.41, 5.74) is 1.53. The van der Waals surface area contributed by atoms with Gasteiger partial charge in [-0.25, -0.2) is 5.43 Å². The van der Waals surface area contributed by atoms with Gasteiger partial charge in [-0.3, -0.25) is 19.7 Å². The van der Waals surface area contributed by atoms with Gasteiger partial charge in [0.15, 0.2) is 0 Å². The topological polar surface area (TPSA) is 114 Å². The number of carbonyl (C=O) groups is 2. The van der Waals surface area contributed by atoms with E-state index in [1.54, 1.807) is 20.8 Å². The summed E-state index contributed by atoms with van der Waals surface area (Å²) in [6.45, 7) is 5.23. The van der Waals surface area contributed by atoms with Crippen molar-refractivity contribution >= 4 is 34.4 Å². The Balaban J connectivity index is 2.53. The van der Waals surface area contributed by atoms with E-state index in [0.29, 0.717) is 4.88 Å². The van der Waals surface area contributed by atoms with Gasteiger partial charge in [0.2, 0.25) is 0 Å². The van der Waals surface area contributed by atoms with E-state index < -0.39 is 22.3 Å². The van der Waals surface area contributed by atoms with Crippen LogP contribution in [0.4, 0.5) is 5.00 Å². The first-order chi connectivity index (χ1) is 9.19. The number of thiophene rings is 1. The summed E-state index contributed by atoms with van der Waals surface area (Å²) < 4.78 is 0. The van der Waals surface area contributed by atoms with E-state index in [4.69, 9.17) is 0 Å². The molecule has 2 amide bonds. The average Bonchev–Trinajstić information content (AvgIpc) is 2.75. The smallest absolute Gasteiger partial charge is 0.329 e. The first-order valence-electron chi connectivity index (χ1n) is 5.59. The predicted octanol–water partition coefficient (Wildman–Crippen LogP) is 1.02. The van der Waals surface area contributed by atoms with E-state index in [1.165, 1.54) is 18.3 Å². The Hall–Kier alpha value is -2.29. The fraction of sp³-hybridized carbons (Fsp3) is 0.364. The van der Waals surface area contributed by atoms with Crippen molar-refractivity contribution < 1.29 is 14.5 Å². The van der Waals surface area contributed by atoms with E-state index in [9.17, 15) is 19.7 Å². The van der Waals surface area contributed by atoms with Gasteiger partial charge in [0, 0.05) is 11.6 Å². The van der Waals surface area contributed by atoms with Gasteiger partial charge in [0.25, 0.3) is 0 Å². The molecule has 0 aliphatic rings. The molecule has 0 saturated heterocycles. The lowest BCUT2D eigenvalue weighted by Crippen LogP contribution is -2.47. The molecule has 108 valence electrons. The SMILES string of the molecule is CC(C)(C)NC(=O)C(=O)NN=Cc1ccc([N+](=O)[O-])s1. The molecule has 0 spiro atoms. The van der Waals surface area contributed by atoms with Gasteiger partial charge < -0.3 is 5.32 Å². The Kier molecular flexibility index (Phi) is 4.92. The second-order valence-electron chi connectivity index (χ2n) is 4.84. The lowest BCUT2D eigenvalue weighted by Gasteiger charge is -2.19. The lowest BCUT2D eigenvalue weighted by atomic mass is 10.1. The highest BCUT2D eigenvalue weighted by molar-refractivity contribution is 7.16. The summed E-state index contributed by atoms with van der Waals surface area (Å²) in [7, 11) is 0. The normalized spacial score (nSPS) is 11.3. The monoisotopic (exact) mass is 298 g/mol. The highest BCUT2D eigenvalue weighted by Gasteiger charge is 2.19. The minimum absolute atomic E-state index is 0.0248. The second kappa shape index (κ2) is 6.24. The van der Waals surface area contributed by atoms with Crippen LogP contribution in [0.2, 0.25) is 0 Å². The molecule has 0 fully saturated rings. The zero-order chi connectivity index (χ0) is 15.3. The van der Waals surface area contributed by atoms with Crippen molar-refractivity contribution in [3.05, 3.63) is 27.1 Å². The highest BCUT2D eigenvalue weighted by Crippen LogP contribution is 2.22. The fourth-order valence-corrected chi connectivity index (χ4v) is 1.81. The van der Waals surface area contributed by atoms with Gasteiger partial charge in [-0.1, -0.05) is 11.3 Å². The molecular formula is C11H14N4O4S. The van der Waals surface area contributed by atoms with E-state index in [-0.39, 0.29) is 5.00 Å². The summed E-state index contributed by atoms with van der Waals surface area (Å²) in [6, 6.07) is 2.83. The van der Waals surface area contributed by atoms with Gasteiger partial charge >= 0.3 is 16.8 Å². The molecule has 2 N–H and O–H groups in total. The van der Waals surface area contributed by atoms with Crippen molar-refractivity contribution in [2.75, 3.05) is 0 Å². The molecule has 0 radical (unpaired) electrons. The lowest BCUT2D eigenvalue weighted by molar-refractivity contribution is -0.380. The number of nitrogens with zero attached hydrogens (tertiary/aromatic N) is 2. The molecule has 0 atom stereocenters. The molecule has 0 aromatic carbocycles. The van der Waals surface area contributed by atoms with Crippen molar-refractivity contribution in [2.45, 2.75) is 26.3 Å². The Labute approximate surface area is 119 Å². The van der Waals surface area contributed by atoms with Crippen LogP contribution in [0, 0.1) is 10.1 Å². The van der Waals surface area contributed by atoms with Gasteiger partial charge in [0.1, 0.15) is 0 Å². The third-order valence-electron chi connectivity index (χ3n) is 1.85. The van der Waals surface area contributed by atoms with Crippen molar-refractivity contribution in [1.82, 2.24) is 10.7 Å². The number of carbonyl (C=O) groups excluding carboxylic acids is 2. The molecule has 8 nitrogen and oxygen atoms in total. The minimum Gasteiger partial charge on any atom is -0.343 e. The molecule has 20 heavy (non-hydrogen) atoms. The molecule has 1 aromatic rings. The number of amides is 2. The number of rotatable bonds is 3. The Morgan fingerprint density at radius 3 is 2.50 bits per heavy atom. The van der Waals surface area contributed by atoms with Gasteiger partial charge in [-0.15, -0.1) is 0 Å². The maximum Gasteiger partial charge on any atom is 0.329 e. The standard InChI is InChI=1S/C11H14N4O4S/c1-11(2,3)13-9(16)10(17)14-12-6-7-4-5-8(20-7)15(18)19/h4-6H,1-3H3,(H,13,16)(H,14,17). The summed E-state index contributed by atoms with van der Waals surface area (Å²) >= 11 is 0.911. The van der Waals surface area contributed by atoms with Crippen LogP contribution in [0.3, 0.4) is 0 Å². The molecular weight excluding hydrogens is 284 g/mol. The maximum absolute atomic E-state index is 11.4. The zero-order valence-electron chi connectivity index (χ0n) is 11.2. The first-order valence-corrected chi connectivity index (χ1v) is 6.40.